The van der Waals surface area contributed by atoms with E-state index in [0.29, 0.717) is 31.3 Å². The average molecular weight is 424 g/mol. The Labute approximate surface area is 181 Å². The SMILES string of the molecule is Cc1cc(C)n2nc(C(=O)N3CCC(Cn4nc(C(C)(C)C)ccc4=O)CC3)nc2n1. The summed E-state index contributed by atoms with van der Waals surface area (Å²) in [7, 11) is 0. The standard InChI is InChI=1S/C22H29N7O2/c1-14-12-15(2)29-21(23-14)24-19(26-29)20(31)27-10-8-16(9-11-27)13-28-18(30)7-6-17(25-28)22(3,4)5/h6-7,12,16H,8-11,13H2,1-5H3. The van der Waals surface area contributed by atoms with Crippen LogP contribution in [0.25, 0.3) is 5.78 Å². The molecule has 1 fully saturated rings. The van der Waals surface area contributed by atoms with Crippen LogP contribution in [0.1, 0.15) is 61.3 Å². The largest absolute Gasteiger partial charge is 0.336 e. The number of hydrogen-bond donors (Lipinski definition) is 0. The summed E-state index contributed by atoms with van der Waals surface area (Å²) in [6.07, 6.45) is 1.62. The maximum atomic E-state index is 12.9. The minimum absolute atomic E-state index is 0.0847. The lowest BCUT2D eigenvalue weighted by Crippen LogP contribution is -2.41. The number of nitrogens with zero attached hydrogens (tertiary/aromatic N) is 7. The minimum Gasteiger partial charge on any atom is -0.336 e. The topological polar surface area (TPSA) is 98.3 Å². The third-order valence-electron chi connectivity index (χ3n) is 5.78. The third-order valence-corrected chi connectivity index (χ3v) is 5.78. The molecule has 164 valence electrons. The van der Waals surface area contributed by atoms with Crippen molar-refractivity contribution in [1.82, 2.24) is 34.3 Å². The van der Waals surface area contributed by atoms with Crippen LogP contribution in [0.15, 0.2) is 23.0 Å². The molecule has 9 nitrogen and oxygen atoms in total. The van der Waals surface area contributed by atoms with Crippen LogP contribution < -0.4 is 5.56 Å². The molecule has 3 aromatic rings. The van der Waals surface area contributed by atoms with E-state index in [2.05, 4.69) is 40.9 Å². The van der Waals surface area contributed by atoms with E-state index in [4.69, 9.17) is 0 Å². The number of carbonyl (C=O) groups excluding carboxylic acids is 1. The highest BCUT2D eigenvalue weighted by molar-refractivity contribution is 5.90. The Morgan fingerprint density at radius 3 is 2.48 bits per heavy atom. The highest BCUT2D eigenvalue weighted by atomic mass is 16.2. The summed E-state index contributed by atoms with van der Waals surface area (Å²) in [5.74, 6) is 0.742. The zero-order valence-corrected chi connectivity index (χ0v) is 18.8. The summed E-state index contributed by atoms with van der Waals surface area (Å²) in [5.41, 5.74) is 2.44. The van der Waals surface area contributed by atoms with Crippen LogP contribution in [0.2, 0.25) is 0 Å². The van der Waals surface area contributed by atoms with Gasteiger partial charge in [0.1, 0.15) is 0 Å². The Morgan fingerprint density at radius 1 is 1.10 bits per heavy atom. The molecule has 1 saturated heterocycles. The molecule has 31 heavy (non-hydrogen) atoms. The molecule has 9 heteroatoms. The van der Waals surface area contributed by atoms with Gasteiger partial charge in [0.2, 0.25) is 5.82 Å². The summed E-state index contributed by atoms with van der Waals surface area (Å²) < 4.78 is 3.18. The van der Waals surface area contributed by atoms with Gasteiger partial charge in [-0.1, -0.05) is 20.8 Å². The lowest BCUT2D eigenvalue weighted by molar-refractivity contribution is 0.0668. The van der Waals surface area contributed by atoms with Crippen LogP contribution in [0.4, 0.5) is 0 Å². The number of carbonyl (C=O) groups is 1. The molecule has 1 aliphatic heterocycles. The molecule has 1 amide bonds. The van der Waals surface area contributed by atoms with Crippen LogP contribution in [0, 0.1) is 19.8 Å². The summed E-state index contributed by atoms with van der Waals surface area (Å²) in [4.78, 5) is 35.7. The summed E-state index contributed by atoms with van der Waals surface area (Å²) >= 11 is 0. The van der Waals surface area contributed by atoms with Crippen molar-refractivity contribution in [2.24, 2.45) is 5.92 Å². The van der Waals surface area contributed by atoms with Gasteiger partial charge in [-0.3, -0.25) is 9.59 Å². The van der Waals surface area contributed by atoms with E-state index < -0.39 is 0 Å². The fraction of sp³-hybridized carbons (Fsp3) is 0.545. The van der Waals surface area contributed by atoms with Crippen molar-refractivity contribution in [3.05, 3.63) is 51.5 Å². The molecule has 0 spiro atoms. The van der Waals surface area contributed by atoms with Crippen molar-refractivity contribution in [1.29, 1.82) is 0 Å². The second-order valence-corrected chi connectivity index (χ2v) is 9.41. The van der Waals surface area contributed by atoms with Crippen molar-refractivity contribution in [2.75, 3.05) is 13.1 Å². The fourth-order valence-corrected chi connectivity index (χ4v) is 3.94. The van der Waals surface area contributed by atoms with Gasteiger partial charge < -0.3 is 4.90 Å². The van der Waals surface area contributed by atoms with Crippen LogP contribution in [0.3, 0.4) is 0 Å². The minimum atomic E-state index is -0.175. The van der Waals surface area contributed by atoms with Gasteiger partial charge in [0, 0.05) is 42.5 Å². The first kappa shape index (κ1) is 21.1. The number of amides is 1. The van der Waals surface area contributed by atoms with E-state index in [1.165, 1.54) is 0 Å². The number of fused-ring (bicyclic) bond motifs is 1. The molecule has 0 unspecified atom stereocenters. The monoisotopic (exact) mass is 423 g/mol. The predicted octanol–water partition coefficient (Wildman–Crippen LogP) is 2.15. The molecular formula is C22H29N7O2. The van der Waals surface area contributed by atoms with Crippen LogP contribution in [-0.4, -0.2) is 53.3 Å². The fourth-order valence-electron chi connectivity index (χ4n) is 3.94. The first-order valence-corrected chi connectivity index (χ1v) is 10.7. The van der Waals surface area contributed by atoms with E-state index in [1.54, 1.807) is 26.2 Å². The van der Waals surface area contributed by atoms with Crippen molar-refractivity contribution >= 4 is 11.7 Å². The second-order valence-electron chi connectivity index (χ2n) is 9.41. The number of hydrogen-bond acceptors (Lipinski definition) is 6. The van der Waals surface area contributed by atoms with Crippen LogP contribution >= 0.6 is 0 Å². The first-order valence-electron chi connectivity index (χ1n) is 10.7. The van der Waals surface area contributed by atoms with Gasteiger partial charge in [-0.2, -0.15) is 10.1 Å². The van der Waals surface area contributed by atoms with Crippen molar-refractivity contribution < 1.29 is 4.79 Å². The van der Waals surface area contributed by atoms with Crippen LogP contribution in [0.5, 0.6) is 0 Å². The molecule has 0 saturated carbocycles. The Hall–Kier alpha value is -3.10. The number of rotatable bonds is 3. The molecule has 0 aliphatic carbocycles. The molecule has 0 atom stereocenters. The van der Waals surface area contributed by atoms with Crippen molar-refractivity contribution in [3.8, 4) is 0 Å². The van der Waals surface area contributed by atoms with Gasteiger partial charge in [-0.25, -0.2) is 14.2 Å². The summed E-state index contributed by atoms with van der Waals surface area (Å²) in [6.45, 7) is 11.8. The predicted molar refractivity (Wildman–Crippen MR) is 116 cm³/mol. The summed E-state index contributed by atoms with van der Waals surface area (Å²) in [6, 6.07) is 5.31. The lowest BCUT2D eigenvalue weighted by Gasteiger charge is -2.31. The van der Waals surface area contributed by atoms with Gasteiger partial charge >= 0.3 is 0 Å². The third kappa shape index (κ3) is 4.35. The Morgan fingerprint density at radius 2 is 1.81 bits per heavy atom. The molecule has 1 aliphatic rings. The van der Waals surface area contributed by atoms with E-state index in [9.17, 15) is 9.59 Å². The normalized spacial score (nSPS) is 15.6. The van der Waals surface area contributed by atoms with Gasteiger partial charge in [0.25, 0.3) is 17.2 Å². The first-order chi connectivity index (χ1) is 14.6. The number of piperidine rings is 1. The lowest BCUT2D eigenvalue weighted by atomic mass is 9.92. The zero-order valence-electron chi connectivity index (χ0n) is 18.8. The van der Waals surface area contributed by atoms with Gasteiger partial charge in [-0.15, -0.1) is 5.10 Å². The number of aryl methyl sites for hydroxylation is 2. The zero-order chi connectivity index (χ0) is 22.3. The highest BCUT2D eigenvalue weighted by Gasteiger charge is 2.27. The molecule has 0 radical (unpaired) electrons. The molecule has 4 rings (SSSR count). The van der Waals surface area contributed by atoms with E-state index in [0.717, 1.165) is 29.9 Å². The number of aromatic nitrogens is 6. The van der Waals surface area contributed by atoms with E-state index in [1.807, 2.05) is 19.9 Å². The van der Waals surface area contributed by atoms with E-state index >= 15 is 0 Å². The highest BCUT2D eigenvalue weighted by Crippen LogP contribution is 2.21. The van der Waals surface area contributed by atoms with Crippen molar-refractivity contribution in [3.63, 3.8) is 0 Å². The Bertz CT molecular complexity index is 1180. The number of likely N-dealkylation sites (tertiary alicyclic amines) is 1. The maximum Gasteiger partial charge on any atom is 0.293 e. The van der Waals surface area contributed by atoms with Crippen LogP contribution in [-0.2, 0) is 12.0 Å². The smallest absolute Gasteiger partial charge is 0.293 e. The molecule has 0 bridgehead atoms. The summed E-state index contributed by atoms with van der Waals surface area (Å²) in [5, 5.41) is 8.93. The second kappa shape index (κ2) is 7.86. The van der Waals surface area contributed by atoms with Gasteiger partial charge in [0.05, 0.1) is 5.69 Å². The molecule has 3 aromatic heterocycles. The Kier molecular flexibility index (Phi) is 5.36. The molecular weight excluding hydrogens is 394 g/mol. The molecule has 0 aromatic carbocycles. The van der Waals surface area contributed by atoms with Gasteiger partial charge in [-0.05, 0) is 44.7 Å². The quantitative estimate of drug-likeness (QED) is 0.640. The Balaban J connectivity index is 1.43. The van der Waals surface area contributed by atoms with E-state index in [-0.39, 0.29) is 22.7 Å². The van der Waals surface area contributed by atoms with Crippen molar-refractivity contribution in [2.45, 2.75) is 59.4 Å². The van der Waals surface area contributed by atoms with Gasteiger partial charge in [0.15, 0.2) is 0 Å². The average Bonchev–Trinajstić information content (AvgIpc) is 3.13. The molecule has 0 N–H and O–H groups in total. The maximum absolute atomic E-state index is 12.9. The molecule has 4 heterocycles.